The van der Waals surface area contributed by atoms with Gasteiger partial charge >= 0.3 is 0 Å². The van der Waals surface area contributed by atoms with E-state index in [0.717, 1.165) is 10.8 Å². The Balaban J connectivity index is 2.59. The first-order valence-corrected chi connectivity index (χ1v) is 5.45. The second-order valence-electron chi connectivity index (χ2n) is 4.56. The van der Waals surface area contributed by atoms with E-state index in [-0.39, 0.29) is 5.60 Å². The summed E-state index contributed by atoms with van der Waals surface area (Å²) in [5.74, 6) is 0.521. The summed E-state index contributed by atoms with van der Waals surface area (Å²) in [7, 11) is 0. The molecule has 0 radical (unpaired) electrons. The first-order chi connectivity index (χ1) is 7.47. The Kier molecular flexibility index (Phi) is 2.72. The first-order valence-electron chi connectivity index (χ1n) is 5.07. The number of aromatic nitrogens is 2. The first kappa shape index (κ1) is 11.1. The van der Waals surface area contributed by atoms with Crippen LogP contribution in [0, 0.1) is 0 Å². The van der Waals surface area contributed by atoms with Crippen LogP contribution in [0.25, 0.3) is 10.8 Å². The Morgan fingerprint density at radius 2 is 1.69 bits per heavy atom. The van der Waals surface area contributed by atoms with Crippen LogP contribution >= 0.6 is 11.6 Å². The highest BCUT2D eigenvalue weighted by molar-refractivity contribution is 6.34. The smallest absolute Gasteiger partial charge is 0.242 e. The standard InChI is InChI=1S/C12H13ClN2O/c1-12(2,3)16-11-9-7-5-4-6-8(9)10(13)14-15-11/h4-7H,1-3H3. The summed E-state index contributed by atoms with van der Waals surface area (Å²) in [5, 5.41) is 10.0. The van der Waals surface area contributed by atoms with Crippen LogP contribution in [0.1, 0.15) is 20.8 Å². The number of benzene rings is 1. The number of fused-ring (bicyclic) bond motifs is 1. The van der Waals surface area contributed by atoms with E-state index in [9.17, 15) is 0 Å². The van der Waals surface area contributed by atoms with Crippen LogP contribution in [0.4, 0.5) is 0 Å². The molecule has 0 fully saturated rings. The molecule has 1 heterocycles. The SMILES string of the molecule is CC(C)(C)Oc1nnc(Cl)c2ccccc12. The van der Waals surface area contributed by atoms with Crippen molar-refractivity contribution in [3.05, 3.63) is 29.4 Å². The molecule has 0 aliphatic heterocycles. The zero-order chi connectivity index (χ0) is 11.8. The Bertz CT molecular complexity index is 520. The number of hydrogen-bond acceptors (Lipinski definition) is 3. The van der Waals surface area contributed by atoms with Gasteiger partial charge in [0, 0.05) is 10.8 Å². The van der Waals surface area contributed by atoms with E-state index < -0.39 is 0 Å². The fourth-order valence-electron chi connectivity index (χ4n) is 1.41. The van der Waals surface area contributed by atoms with Crippen molar-refractivity contribution in [1.82, 2.24) is 10.2 Å². The summed E-state index contributed by atoms with van der Waals surface area (Å²) >= 11 is 5.97. The van der Waals surface area contributed by atoms with Gasteiger partial charge in [-0.15, -0.1) is 10.2 Å². The van der Waals surface area contributed by atoms with Crippen molar-refractivity contribution < 1.29 is 4.74 Å². The lowest BCUT2D eigenvalue weighted by molar-refractivity contribution is 0.125. The van der Waals surface area contributed by atoms with Gasteiger partial charge in [-0.3, -0.25) is 0 Å². The number of rotatable bonds is 1. The van der Waals surface area contributed by atoms with Gasteiger partial charge in [-0.05, 0) is 26.8 Å². The maximum atomic E-state index is 5.97. The van der Waals surface area contributed by atoms with Gasteiger partial charge in [0.2, 0.25) is 5.88 Å². The van der Waals surface area contributed by atoms with Crippen molar-refractivity contribution in [2.75, 3.05) is 0 Å². The zero-order valence-corrected chi connectivity index (χ0v) is 10.2. The summed E-state index contributed by atoms with van der Waals surface area (Å²) in [6, 6.07) is 7.67. The van der Waals surface area contributed by atoms with Crippen LogP contribution < -0.4 is 4.74 Å². The normalized spacial score (nSPS) is 11.8. The van der Waals surface area contributed by atoms with Crippen molar-refractivity contribution >= 4 is 22.4 Å². The van der Waals surface area contributed by atoms with E-state index in [1.54, 1.807) is 0 Å². The Hall–Kier alpha value is -1.35. The van der Waals surface area contributed by atoms with Crippen molar-refractivity contribution in [2.45, 2.75) is 26.4 Å². The molecule has 0 bridgehead atoms. The van der Waals surface area contributed by atoms with Gasteiger partial charge in [0.25, 0.3) is 0 Å². The maximum Gasteiger partial charge on any atom is 0.242 e. The van der Waals surface area contributed by atoms with Gasteiger partial charge < -0.3 is 4.74 Å². The molecule has 0 saturated carbocycles. The van der Waals surface area contributed by atoms with Crippen LogP contribution in [-0.2, 0) is 0 Å². The minimum Gasteiger partial charge on any atom is -0.470 e. The van der Waals surface area contributed by atoms with Gasteiger partial charge in [0.1, 0.15) is 5.60 Å². The summed E-state index contributed by atoms with van der Waals surface area (Å²) in [6.45, 7) is 5.91. The van der Waals surface area contributed by atoms with Crippen LogP contribution in [0.3, 0.4) is 0 Å². The molecule has 16 heavy (non-hydrogen) atoms. The molecule has 0 N–H and O–H groups in total. The summed E-state index contributed by atoms with van der Waals surface area (Å²) in [5.41, 5.74) is -0.300. The average Bonchev–Trinajstić information content (AvgIpc) is 2.21. The van der Waals surface area contributed by atoms with Crippen molar-refractivity contribution in [1.29, 1.82) is 0 Å². The second kappa shape index (κ2) is 3.91. The van der Waals surface area contributed by atoms with Gasteiger partial charge in [-0.1, -0.05) is 29.8 Å². The molecule has 0 atom stereocenters. The van der Waals surface area contributed by atoms with E-state index in [2.05, 4.69) is 10.2 Å². The molecule has 4 heteroatoms. The third kappa shape index (κ3) is 2.25. The fourth-order valence-corrected chi connectivity index (χ4v) is 1.61. The minimum atomic E-state index is -0.300. The molecule has 2 aromatic rings. The molecule has 0 unspecified atom stereocenters. The van der Waals surface area contributed by atoms with E-state index in [4.69, 9.17) is 16.3 Å². The lowest BCUT2D eigenvalue weighted by atomic mass is 10.1. The summed E-state index contributed by atoms with van der Waals surface area (Å²) in [6.07, 6.45) is 0. The van der Waals surface area contributed by atoms with E-state index in [1.165, 1.54) is 0 Å². The molecule has 0 amide bonds. The number of ether oxygens (including phenoxy) is 1. The highest BCUT2D eigenvalue weighted by atomic mass is 35.5. The number of halogens is 1. The molecule has 0 aliphatic rings. The second-order valence-corrected chi connectivity index (χ2v) is 4.91. The lowest BCUT2D eigenvalue weighted by Crippen LogP contribution is -2.23. The quantitative estimate of drug-likeness (QED) is 0.761. The number of hydrogen-bond donors (Lipinski definition) is 0. The Morgan fingerprint density at radius 3 is 2.31 bits per heavy atom. The monoisotopic (exact) mass is 236 g/mol. The topological polar surface area (TPSA) is 35.0 Å². The van der Waals surface area contributed by atoms with E-state index >= 15 is 0 Å². The van der Waals surface area contributed by atoms with Crippen molar-refractivity contribution in [3.63, 3.8) is 0 Å². The molecule has 84 valence electrons. The van der Waals surface area contributed by atoms with Gasteiger partial charge in [0.15, 0.2) is 5.15 Å². The molecule has 0 spiro atoms. The number of nitrogens with zero attached hydrogens (tertiary/aromatic N) is 2. The van der Waals surface area contributed by atoms with E-state index in [1.807, 2.05) is 45.0 Å². The van der Waals surface area contributed by atoms with Crippen LogP contribution in [0.15, 0.2) is 24.3 Å². The third-order valence-electron chi connectivity index (χ3n) is 2.01. The van der Waals surface area contributed by atoms with Gasteiger partial charge in [-0.25, -0.2) is 0 Å². The van der Waals surface area contributed by atoms with Crippen LogP contribution in [0.5, 0.6) is 5.88 Å². The largest absolute Gasteiger partial charge is 0.470 e. The summed E-state index contributed by atoms with van der Waals surface area (Å²) in [4.78, 5) is 0. The van der Waals surface area contributed by atoms with Crippen molar-refractivity contribution in [3.8, 4) is 5.88 Å². The van der Waals surface area contributed by atoms with Crippen LogP contribution in [-0.4, -0.2) is 15.8 Å². The Morgan fingerprint density at radius 1 is 1.06 bits per heavy atom. The average molecular weight is 237 g/mol. The van der Waals surface area contributed by atoms with Gasteiger partial charge in [0.05, 0.1) is 0 Å². The molecule has 1 aromatic heterocycles. The molecule has 3 nitrogen and oxygen atoms in total. The molecular weight excluding hydrogens is 224 g/mol. The van der Waals surface area contributed by atoms with E-state index in [0.29, 0.717) is 11.0 Å². The highest BCUT2D eigenvalue weighted by Crippen LogP contribution is 2.29. The molecular formula is C12H13ClN2O. The highest BCUT2D eigenvalue weighted by Gasteiger charge is 2.16. The third-order valence-corrected chi connectivity index (χ3v) is 2.29. The maximum absolute atomic E-state index is 5.97. The predicted molar refractivity (Wildman–Crippen MR) is 64.9 cm³/mol. The fraction of sp³-hybridized carbons (Fsp3) is 0.333. The molecule has 0 aliphatic carbocycles. The predicted octanol–water partition coefficient (Wildman–Crippen LogP) is 3.46. The van der Waals surface area contributed by atoms with Crippen LogP contribution in [0.2, 0.25) is 5.15 Å². The minimum absolute atomic E-state index is 0.300. The molecule has 1 aromatic carbocycles. The molecule has 0 saturated heterocycles. The van der Waals surface area contributed by atoms with Crippen molar-refractivity contribution in [2.24, 2.45) is 0 Å². The zero-order valence-electron chi connectivity index (χ0n) is 9.49. The van der Waals surface area contributed by atoms with Gasteiger partial charge in [-0.2, -0.15) is 0 Å². The molecule has 2 rings (SSSR count). The summed E-state index contributed by atoms with van der Waals surface area (Å²) < 4.78 is 5.74. The Labute approximate surface area is 99.4 Å². The lowest BCUT2D eigenvalue weighted by Gasteiger charge is -2.20.